The molecule has 0 bridgehead atoms. The lowest BCUT2D eigenvalue weighted by Gasteiger charge is -2.48. The summed E-state index contributed by atoms with van der Waals surface area (Å²) in [5, 5.41) is 0. The predicted octanol–water partition coefficient (Wildman–Crippen LogP) is 19.2. The van der Waals surface area contributed by atoms with E-state index >= 15 is 0 Å². The quantitative estimate of drug-likeness (QED) is 0.0262. The van der Waals surface area contributed by atoms with Crippen LogP contribution in [0.25, 0.3) is 11.1 Å². The molecule has 4 N–H and O–H groups in total. The smallest absolute Gasteiger partial charge is 0.298 e. The molecule has 0 amide bonds. The van der Waals surface area contributed by atoms with Gasteiger partial charge >= 0.3 is 0 Å². The second-order valence-corrected chi connectivity index (χ2v) is 34.5. The zero-order valence-electron chi connectivity index (χ0n) is 60.1. The number of rotatable bonds is 28. The highest BCUT2D eigenvalue weighted by Crippen LogP contribution is 2.57. The summed E-state index contributed by atoms with van der Waals surface area (Å²) in [6.45, 7) is 19.1. The number of carbonyl (C=O) groups is 2. The molecule has 0 fully saturated rings. The van der Waals surface area contributed by atoms with Crippen LogP contribution in [0.4, 0.5) is 0 Å². The summed E-state index contributed by atoms with van der Waals surface area (Å²) >= 11 is 1.48. The molecule has 0 spiro atoms. The molecule has 10 aromatic rings. The van der Waals surface area contributed by atoms with Gasteiger partial charge in [0.2, 0.25) is 0 Å². The van der Waals surface area contributed by atoms with Crippen LogP contribution < -0.4 is 18.9 Å². The minimum Gasteiger partial charge on any atom is -0.488 e. The van der Waals surface area contributed by atoms with Crippen LogP contribution in [0, 0.1) is 0 Å². The Morgan fingerprint density at radius 3 is 1.14 bits per heavy atom. The van der Waals surface area contributed by atoms with E-state index in [1.54, 1.807) is 36.4 Å². The summed E-state index contributed by atoms with van der Waals surface area (Å²) in [5.74, 6) is -0.695. The van der Waals surface area contributed by atoms with Gasteiger partial charge in [0.1, 0.15) is 55.5 Å². The van der Waals surface area contributed by atoms with Crippen LogP contribution in [0.15, 0.2) is 248 Å². The largest absolute Gasteiger partial charge is 0.488 e. The highest BCUT2D eigenvalue weighted by Gasteiger charge is 2.51. The van der Waals surface area contributed by atoms with Crippen LogP contribution >= 0.6 is 11.8 Å². The summed E-state index contributed by atoms with van der Waals surface area (Å²) in [4.78, 5) is 27.9. The number of carbonyl (C=O) groups excluding carboxylic acids is 2. The predicted molar refractivity (Wildman–Crippen MR) is 407 cm³/mol. The molecule has 0 heterocycles. The third kappa shape index (κ3) is 15.5. The van der Waals surface area contributed by atoms with E-state index < -0.39 is 93.5 Å². The maximum absolute atomic E-state index is 14.5. The molecule has 0 radical (unpaired) electrons. The second kappa shape index (κ2) is 29.8. The number of hydrogen-bond donors (Lipinski definition) is 4. The standard InChI is InChI=1S/C83H82O18S5/c1-11-48-80(9,12-2)69-44-24-53(49-73(69)103(86,87)88)77(84)55-26-46-71(75(51-55)105(92,93)94)98-59-32-28-57(29-33-59)83(67-22-18-16-20-65(67)66-21-17-19-23-68(66)83)58-30-34-62(35-31-58)101-82(14-4,15-5)81(10,13-3)70-45-25-54(50-74(70)104(89,90)91)78(85)56-27-47-72(76(52-56)106(95,96)97)99-60-36-40-63(41-37-60)102-64-42-38-61(39-43-64)100-79(6,7)8/h16-47,49-52H,11-15,48H2,1-10H3,(H,86,87,88)(H,89,90,91)(H,92,93,94)(H,95,96,97). The van der Waals surface area contributed by atoms with E-state index in [1.165, 1.54) is 60.3 Å². The zero-order chi connectivity index (χ0) is 76.7. The van der Waals surface area contributed by atoms with Crippen molar-refractivity contribution in [3.8, 4) is 45.6 Å². The summed E-state index contributed by atoms with van der Waals surface area (Å²) in [6, 6.07) is 59.7. The van der Waals surface area contributed by atoms with Gasteiger partial charge in [0.15, 0.2) is 11.6 Å². The van der Waals surface area contributed by atoms with Crippen molar-refractivity contribution in [2.75, 3.05) is 0 Å². The van der Waals surface area contributed by atoms with Crippen molar-refractivity contribution in [3.05, 3.63) is 274 Å². The average Bonchev–Trinajstić information content (AvgIpc) is 1.52. The van der Waals surface area contributed by atoms with Crippen molar-refractivity contribution in [1.29, 1.82) is 0 Å². The molecule has 552 valence electrons. The maximum atomic E-state index is 14.5. The Labute approximate surface area is 624 Å². The third-order valence-corrected chi connectivity index (χ3v) is 24.8. The summed E-state index contributed by atoms with van der Waals surface area (Å²) in [6.07, 6.45) is 2.75. The number of hydrogen-bond acceptors (Lipinski definition) is 15. The SMILES string of the molecule is CCCC(C)(CC)c1ccc(C(=O)c2ccc(Oc3ccc(C4(c5ccc(OC(CC)(CC)C(C)(CC)c6ccc(C(=O)c7ccc(Oc8ccc(Sc9ccc(OC(C)(C)C)cc9)cc8)c(S(=O)(=O)O)c7)cc6S(=O)(=O)O)cc5)c5ccccc5-c5ccccc54)cc3)c(S(=O)(=O)O)c2)cc1S(=O)(=O)O. The van der Waals surface area contributed by atoms with E-state index in [0.717, 1.165) is 73.2 Å². The van der Waals surface area contributed by atoms with Crippen molar-refractivity contribution in [3.63, 3.8) is 0 Å². The lowest BCUT2D eigenvalue weighted by molar-refractivity contribution is -0.0189. The third-order valence-electron chi connectivity index (χ3n) is 20.3. The van der Waals surface area contributed by atoms with Crippen LogP contribution in [0.5, 0.6) is 34.5 Å². The first-order valence-electron chi connectivity index (χ1n) is 34.5. The van der Waals surface area contributed by atoms with Gasteiger partial charge in [-0.2, -0.15) is 33.7 Å². The molecule has 2 unspecified atom stereocenters. The van der Waals surface area contributed by atoms with E-state index in [2.05, 4.69) is 0 Å². The molecule has 10 aromatic carbocycles. The fourth-order valence-electron chi connectivity index (χ4n) is 14.7. The topological polar surface area (TPSA) is 289 Å². The molecule has 23 heteroatoms. The number of benzene rings is 10. The van der Waals surface area contributed by atoms with Crippen LogP contribution in [0.2, 0.25) is 0 Å². The lowest BCUT2D eigenvalue weighted by atomic mass is 9.64. The van der Waals surface area contributed by atoms with Gasteiger partial charge in [0.25, 0.3) is 40.5 Å². The first-order chi connectivity index (χ1) is 49.9. The Kier molecular flexibility index (Phi) is 21.9. The molecule has 0 aromatic heterocycles. The Morgan fingerprint density at radius 1 is 0.396 bits per heavy atom. The molecule has 106 heavy (non-hydrogen) atoms. The molecule has 1 aliphatic rings. The van der Waals surface area contributed by atoms with Gasteiger partial charge in [-0.05, 0) is 224 Å². The molecule has 0 saturated carbocycles. The zero-order valence-corrected chi connectivity index (χ0v) is 64.2. The monoisotopic (exact) mass is 1530 g/mol. The molecule has 11 rings (SSSR count). The highest BCUT2D eigenvalue weighted by molar-refractivity contribution is 7.99. The van der Waals surface area contributed by atoms with E-state index in [0.29, 0.717) is 43.4 Å². The summed E-state index contributed by atoms with van der Waals surface area (Å²) in [7, 11) is -20.0. The van der Waals surface area contributed by atoms with E-state index in [-0.39, 0.29) is 62.8 Å². The Hall–Kier alpha value is -9.27. The Morgan fingerprint density at radius 2 is 0.755 bits per heavy atom. The van der Waals surface area contributed by atoms with Gasteiger partial charge in [-0.3, -0.25) is 27.8 Å². The van der Waals surface area contributed by atoms with Crippen molar-refractivity contribution >= 4 is 63.8 Å². The second-order valence-electron chi connectivity index (χ2n) is 27.8. The van der Waals surface area contributed by atoms with Crippen LogP contribution in [0.1, 0.15) is 173 Å². The van der Waals surface area contributed by atoms with Gasteiger partial charge in [0, 0.05) is 37.5 Å². The highest BCUT2D eigenvalue weighted by atomic mass is 32.2. The number of fused-ring (bicyclic) bond motifs is 3. The molecule has 0 aliphatic heterocycles. The molecule has 1 aliphatic carbocycles. The number of ketones is 2. The Bertz CT molecular complexity index is 5450. The van der Waals surface area contributed by atoms with Gasteiger partial charge in [-0.1, -0.05) is 164 Å². The van der Waals surface area contributed by atoms with E-state index in [4.69, 9.17) is 18.9 Å². The lowest BCUT2D eigenvalue weighted by Crippen LogP contribution is -2.53. The summed E-state index contributed by atoms with van der Waals surface area (Å²) < 4.78 is 173. The minimum absolute atomic E-state index is 0.148. The summed E-state index contributed by atoms with van der Waals surface area (Å²) in [5.41, 5.74) is 0.610. The van der Waals surface area contributed by atoms with E-state index in [9.17, 15) is 61.5 Å². The molecule has 18 nitrogen and oxygen atoms in total. The first-order valence-corrected chi connectivity index (χ1v) is 41.1. The number of ether oxygens (including phenoxy) is 4. The van der Waals surface area contributed by atoms with Crippen molar-refractivity contribution in [2.45, 2.75) is 165 Å². The molecular formula is C83H82O18S5. The fraction of sp³-hybridized carbons (Fsp3) is 0.253. The Balaban J connectivity index is 0.874. The fourth-order valence-corrected chi connectivity index (χ4v) is 18.5. The molecule has 0 saturated heterocycles. The van der Waals surface area contributed by atoms with Crippen molar-refractivity contribution in [1.82, 2.24) is 0 Å². The first kappa shape index (κ1) is 77.8. The van der Waals surface area contributed by atoms with Gasteiger partial charge in [-0.15, -0.1) is 0 Å². The van der Waals surface area contributed by atoms with Gasteiger partial charge in [0.05, 0.1) is 15.2 Å². The molecular weight excluding hydrogens is 1450 g/mol. The average molecular weight is 1530 g/mol. The molecule has 2 atom stereocenters. The van der Waals surface area contributed by atoms with Crippen LogP contribution in [-0.4, -0.2) is 74.7 Å². The van der Waals surface area contributed by atoms with Crippen LogP contribution in [0.3, 0.4) is 0 Å². The van der Waals surface area contributed by atoms with E-state index in [1.807, 2.05) is 178 Å². The maximum Gasteiger partial charge on any atom is 0.298 e. The van der Waals surface area contributed by atoms with Crippen molar-refractivity contribution < 1.29 is 80.4 Å². The minimum atomic E-state index is -5.11. The van der Waals surface area contributed by atoms with Gasteiger partial charge in [-0.25, -0.2) is 0 Å². The van der Waals surface area contributed by atoms with Gasteiger partial charge < -0.3 is 18.9 Å². The van der Waals surface area contributed by atoms with Crippen LogP contribution in [-0.2, 0) is 56.7 Å². The van der Waals surface area contributed by atoms with Crippen molar-refractivity contribution in [2.24, 2.45) is 0 Å². The normalized spacial score (nSPS) is 14.2.